The lowest BCUT2D eigenvalue weighted by Crippen LogP contribution is -2.40. The number of fused-ring (bicyclic) bond motifs is 2. The van der Waals surface area contributed by atoms with Crippen LogP contribution in [0.25, 0.3) is 0 Å². The van der Waals surface area contributed by atoms with Crippen LogP contribution in [0.3, 0.4) is 0 Å². The monoisotopic (exact) mass is 504 g/mol. The topological polar surface area (TPSA) is 52.6 Å². The van der Waals surface area contributed by atoms with Crippen molar-refractivity contribution in [3.63, 3.8) is 0 Å². The Morgan fingerprint density at radius 3 is 2.50 bits per heavy atom. The van der Waals surface area contributed by atoms with Crippen LogP contribution in [0.5, 0.6) is 0 Å². The summed E-state index contributed by atoms with van der Waals surface area (Å²) in [6.45, 7) is 2.87. The van der Waals surface area contributed by atoms with Crippen LogP contribution in [0, 0.1) is 11.3 Å². The molecule has 3 fully saturated rings. The molecule has 3 saturated carbocycles. The van der Waals surface area contributed by atoms with Crippen LogP contribution < -0.4 is 9.62 Å². The zero-order valence-corrected chi connectivity index (χ0v) is 22.6. The highest BCUT2D eigenvalue weighted by Gasteiger charge is 2.53. The molecule has 36 heavy (non-hydrogen) atoms. The maximum absolute atomic E-state index is 14.0. The van der Waals surface area contributed by atoms with Crippen LogP contribution in [0.15, 0.2) is 42.5 Å². The van der Waals surface area contributed by atoms with Crippen LogP contribution >= 0.6 is 10.7 Å². The van der Waals surface area contributed by atoms with Crippen molar-refractivity contribution < 1.29 is 9.90 Å². The summed E-state index contributed by atoms with van der Waals surface area (Å²) < 4.78 is 3.64. The second-order valence-corrected chi connectivity index (χ2v) is 13.7. The largest absolute Gasteiger partial charge is 0.388 e. The van der Waals surface area contributed by atoms with Gasteiger partial charge in [-0.15, -0.1) is 10.7 Å². The van der Waals surface area contributed by atoms with Gasteiger partial charge in [-0.2, -0.15) is 0 Å². The zero-order chi connectivity index (χ0) is 24.9. The van der Waals surface area contributed by atoms with Crippen molar-refractivity contribution in [2.45, 2.75) is 82.7 Å². The van der Waals surface area contributed by atoms with Crippen LogP contribution in [0.1, 0.15) is 98.7 Å². The van der Waals surface area contributed by atoms with E-state index in [4.69, 9.17) is 0 Å². The molecule has 1 aliphatic heterocycles. The van der Waals surface area contributed by atoms with E-state index in [1.54, 1.807) is 0 Å². The van der Waals surface area contributed by atoms with Crippen molar-refractivity contribution >= 4 is 33.3 Å². The van der Waals surface area contributed by atoms with E-state index in [0.717, 1.165) is 36.3 Å². The van der Waals surface area contributed by atoms with Crippen molar-refractivity contribution in [2.75, 3.05) is 22.4 Å². The first-order valence-electron chi connectivity index (χ1n) is 13.9. The van der Waals surface area contributed by atoms with Crippen molar-refractivity contribution in [2.24, 2.45) is 11.3 Å². The number of amides is 1. The Morgan fingerprint density at radius 1 is 1.08 bits per heavy atom. The molecule has 192 valence electrons. The molecular weight excluding hydrogens is 464 g/mol. The zero-order valence-electron chi connectivity index (χ0n) is 21.8. The third-order valence-electron chi connectivity index (χ3n) is 9.74. The molecule has 2 N–H and O–H groups in total. The average molecular weight is 505 g/mol. The smallest absolute Gasteiger partial charge is 0.258 e. The lowest BCUT2D eigenvalue weighted by molar-refractivity contribution is 0.0978. The van der Waals surface area contributed by atoms with Crippen molar-refractivity contribution in [3.05, 3.63) is 59.2 Å². The molecule has 2 unspecified atom stereocenters. The quantitative estimate of drug-likeness (QED) is 0.423. The van der Waals surface area contributed by atoms with Crippen LogP contribution in [0.2, 0.25) is 0 Å². The van der Waals surface area contributed by atoms with Gasteiger partial charge in [0.15, 0.2) is 0 Å². The highest BCUT2D eigenvalue weighted by atomic mass is 32.2. The first-order chi connectivity index (χ1) is 17.4. The standard InChI is InChI=1S/C31H40N2O2S/c1-3-36(2)32-25-11-12-27-26(20-25)31(17-15-30(13-14-30)16-18-31)21-33(27)29(35)24-10-6-9-23(19-24)28(34)22-7-4-5-8-22/h3,6,9-12,19-20,22,28,32,34H,4-5,7-8,13-18,21H2,1-2H3. The molecule has 5 heteroatoms. The van der Waals surface area contributed by atoms with E-state index >= 15 is 0 Å². The maximum atomic E-state index is 14.0. The van der Waals surface area contributed by atoms with Crippen molar-refractivity contribution in [1.82, 2.24) is 0 Å². The molecule has 6 rings (SSSR count). The minimum absolute atomic E-state index is 0.0216. The van der Waals surface area contributed by atoms with Gasteiger partial charge in [0.1, 0.15) is 0 Å². The predicted octanol–water partition coefficient (Wildman–Crippen LogP) is 7.21. The second kappa shape index (κ2) is 9.33. The molecule has 0 radical (unpaired) electrons. The van der Waals surface area contributed by atoms with E-state index in [1.807, 2.05) is 29.2 Å². The van der Waals surface area contributed by atoms with Crippen LogP contribution in [-0.4, -0.2) is 29.2 Å². The number of nitrogens with zero attached hydrogens (tertiary/aromatic N) is 1. The van der Waals surface area contributed by atoms with Gasteiger partial charge in [-0.25, -0.2) is 0 Å². The van der Waals surface area contributed by atoms with E-state index in [2.05, 4.69) is 41.5 Å². The molecule has 0 bridgehead atoms. The summed E-state index contributed by atoms with van der Waals surface area (Å²) in [7, 11) is 0.0216. The van der Waals surface area contributed by atoms with Gasteiger partial charge in [0.05, 0.1) is 6.10 Å². The number of rotatable bonds is 5. The first-order valence-corrected chi connectivity index (χ1v) is 15.6. The number of carbonyl (C=O) groups is 1. The Bertz CT molecular complexity index is 1180. The number of hydrogen-bond donors (Lipinski definition) is 2. The van der Waals surface area contributed by atoms with Crippen LogP contribution in [-0.2, 0) is 5.41 Å². The van der Waals surface area contributed by atoms with Gasteiger partial charge < -0.3 is 14.7 Å². The third-order valence-corrected chi connectivity index (χ3v) is 11.0. The normalized spacial score (nSPS) is 23.7. The Morgan fingerprint density at radius 2 is 1.81 bits per heavy atom. The molecule has 4 aliphatic rings. The number of benzene rings is 2. The molecule has 2 aromatic rings. The van der Waals surface area contributed by atoms with Gasteiger partial charge in [-0.3, -0.25) is 4.79 Å². The molecule has 0 saturated heterocycles. The summed E-state index contributed by atoms with van der Waals surface area (Å²) in [5.74, 6) is 0.385. The fraction of sp³-hybridized carbons (Fsp3) is 0.548. The highest BCUT2D eigenvalue weighted by Crippen LogP contribution is 2.62. The summed E-state index contributed by atoms with van der Waals surface area (Å²) in [6.07, 6.45) is 14.0. The summed E-state index contributed by atoms with van der Waals surface area (Å²) in [6, 6.07) is 14.4. The molecular formula is C31H40N2O2S. The van der Waals surface area contributed by atoms with E-state index < -0.39 is 6.10 Å². The molecule has 2 atom stereocenters. The van der Waals surface area contributed by atoms with Crippen molar-refractivity contribution in [1.29, 1.82) is 0 Å². The van der Waals surface area contributed by atoms with E-state index in [-0.39, 0.29) is 22.0 Å². The number of aliphatic hydroxyl groups excluding tert-OH is 1. The Balaban J connectivity index is 1.32. The molecule has 3 aliphatic carbocycles. The summed E-state index contributed by atoms with van der Waals surface area (Å²) in [5, 5.41) is 13.2. The summed E-state index contributed by atoms with van der Waals surface area (Å²) in [5.41, 5.74) is 5.83. The van der Waals surface area contributed by atoms with Gasteiger partial charge in [-0.05, 0) is 123 Å². The van der Waals surface area contributed by atoms with Gasteiger partial charge in [0, 0.05) is 28.9 Å². The number of nitrogens with one attached hydrogen (secondary N) is 1. The highest BCUT2D eigenvalue weighted by molar-refractivity contribution is 8.15. The fourth-order valence-electron chi connectivity index (χ4n) is 7.08. The van der Waals surface area contributed by atoms with E-state index in [9.17, 15) is 9.90 Å². The lowest BCUT2D eigenvalue weighted by atomic mass is 9.66. The number of aliphatic hydroxyl groups is 1. The lowest BCUT2D eigenvalue weighted by Gasteiger charge is -2.38. The second-order valence-electron chi connectivity index (χ2n) is 11.9. The molecule has 2 aromatic carbocycles. The molecule has 2 spiro atoms. The minimum Gasteiger partial charge on any atom is -0.388 e. The van der Waals surface area contributed by atoms with E-state index in [1.165, 1.54) is 56.9 Å². The number of carbonyl (C=O) groups excluding carboxylic acids is 1. The van der Waals surface area contributed by atoms with Gasteiger partial charge >= 0.3 is 0 Å². The average Bonchev–Trinajstić information content (AvgIpc) is 3.32. The Hall–Kier alpha value is -2.11. The van der Waals surface area contributed by atoms with Gasteiger partial charge in [-0.1, -0.05) is 25.0 Å². The molecule has 4 nitrogen and oxygen atoms in total. The minimum atomic E-state index is -0.475. The molecule has 1 heterocycles. The van der Waals surface area contributed by atoms with Gasteiger partial charge in [0.2, 0.25) is 0 Å². The number of anilines is 2. The van der Waals surface area contributed by atoms with Gasteiger partial charge in [0.25, 0.3) is 5.91 Å². The maximum Gasteiger partial charge on any atom is 0.258 e. The predicted molar refractivity (Wildman–Crippen MR) is 152 cm³/mol. The van der Waals surface area contributed by atoms with E-state index in [0.29, 0.717) is 16.9 Å². The summed E-state index contributed by atoms with van der Waals surface area (Å²) in [4.78, 5) is 16.0. The van der Waals surface area contributed by atoms with Crippen LogP contribution in [0.4, 0.5) is 11.4 Å². The SMILES string of the molecule is C/C=S(\C)Nc1ccc2c(c1)C1(CCC3(CC3)CC1)CN2C(=O)c1cccc(C(O)C2CCCC2)c1. The summed E-state index contributed by atoms with van der Waals surface area (Å²) >= 11 is 0. The third kappa shape index (κ3) is 4.32. The van der Waals surface area contributed by atoms with Crippen molar-refractivity contribution in [3.8, 4) is 0 Å². The Labute approximate surface area is 218 Å². The Kier molecular flexibility index (Phi) is 6.28. The fourth-order valence-corrected chi connectivity index (χ4v) is 7.70. The molecule has 1 amide bonds. The first kappa shape index (κ1) is 24.2. The molecule has 0 aromatic heterocycles. The number of hydrogen-bond acceptors (Lipinski definition) is 3.